The summed E-state index contributed by atoms with van der Waals surface area (Å²) in [6, 6.07) is 8.10. The number of benzene rings is 1. The topological polar surface area (TPSA) is 67.2 Å². The minimum atomic E-state index is -0.947. The van der Waals surface area contributed by atoms with Crippen LogP contribution in [-0.2, 0) is 20.0 Å². The van der Waals surface area contributed by atoms with E-state index < -0.39 is 5.97 Å². The Morgan fingerprint density at radius 2 is 2.15 bits per heavy atom. The molecule has 5 nitrogen and oxygen atoms in total. The summed E-state index contributed by atoms with van der Waals surface area (Å²) < 4.78 is 1.60. The van der Waals surface area contributed by atoms with Gasteiger partial charge in [-0.05, 0) is 18.1 Å². The third-order valence-electron chi connectivity index (χ3n) is 3.27. The van der Waals surface area contributed by atoms with E-state index in [9.17, 15) is 4.79 Å². The summed E-state index contributed by atoms with van der Waals surface area (Å²) in [6.45, 7) is 2.58. The lowest BCUT2D eigenvalue weighted by Gasteiger charge is -2.12. The zero-order chi connectivity index (χ0) is 14.5. The van der Waals surface area contributed by atoms with Crippen LogP contribution in [0.1, 0.15) is 35.0 Å². The number of aryl methyl sites for hydroxylation is 2. The van der Waals surface area contributed by atoms with Crippen molar-refractivity contribution >= 4 is 11.7 Å². The second-order valence-corrected chi connectivity index (χ2v) is 4.69. The van der Waals surface area contributed by atoms with E-state index in [1.807, 2.05) is 18.2 Å². The van der Waals surface area contributed by atoms with Gasteiger partial charge in [0.15, 0.2) is 0 Å². The highest BCUT2D eigenvalue weighted by molar-refractivity contribution is 5.88. The number of carboxylic acid groups (broad SMARTS) is 1. The highest BCUT2D eigenvalue weighted by Gasteiger charge is 2.14. The average molecular weight is 273 g/mol. The molecule has 0 saturated heterocycles. The van der Waals surface area contributed by atoms with Crippen LogP contribution >= 0.6 is 0 Å². The molecule has 2 rings (SSSR count). The maximum Gasteiger partial charge on any atom is 0.339 e. The highest BCUT2D eigenvalue weighted by atomic mass is 16.4. The van der Waals surface area contributed by atoms with Gasteiger partial charge in [0.1, 0.15) is 5.56 Å². The summed E-state index contributed by atoms with van der Waals surface area (Å²) in [5.41, 5.74) is 3.21. The molecule has 0 radical (unpaired) electrons. The zero-order valence-electron chi connectivity index (χ0n) is 11.8. The molecular formula is C15H19N3O2. The Kier molecular flexibility index (Phi) is 4.40. The molecular weight excluding hydrogens is 254 g/mol. The van der Waals surface area contributed by atoms with E-state index in [1.165, 1.54) is 11.8 Å². The lowest BCUT2D eigenvalue weighted by Crippen LogP contribution is -2.11. The summed E-state index contributed by atoms with van der Waals surface area (Å²) in [4.78, 5) is 11.1. The van der Waals surface area contributed by atoms with E-state index >= 15 is 0 Å². The normalized spacial score (nSPS) is 10.5. The predicted octanol–water partition coefficient (Wildman–Crippen LogP) is 2.68. The molecule has 1 heterocycles. The maximum atomic E-state index is 11.1. The van der Waals surface area contributed by atoms with Crippen LogP contribution in [0, 0.1) is 0 Å². The maximum absolute atomic E-state index is 11.1. The van der Waals surface area contributed by atoms with Gasteiger partial charge in [0.05, 0.1) is 18.4 Å². The van der Waals surface area contributed by atoms with Crippen LogP contribution in [0.2, 0.25) is 0 Å². The van der Waals surface area contributed by atoms with E-state index in [1.54, 1.807) is 11.7 Å². The molecule has 0 aliphatic carbocycles. The highest BCUT2D eigenvalue weighted by Crippen LogP contribution is 2.18. The largest absolute Gasteiger partial charge is 0.478 e. The molecule has 20 heavy (non-hydrogen) atoms. The van der Waals surface area contributed by atoms with E-state index in [2.05, 4.69) is 23.4 Å². The van der Waals surface area contributed by atoms with Crippen molar-refractivity contribution in [3.63, 3.8) is 0 Å². The molecule has 2 N–H and O–H groups in total. The monoisotopic (exact) mass is 273 g/mol. The van der Waals surface area contributed by atoms with Crippen molar-refractivity contribution in [3.05, 3.63) is 47.3 Å². The molecule has 0 aliphatic rings. The number of rotatable bonds is 6. The zero-order valence-corrected chi connectivity index (χ0v) is 11.8. The number of hydrogen-bond donors (Lipinski definition) is 2. The summed E-state index contributed by atoms with van der Waals surface area (Å²) in [6.07, 6.45) is 3.46. The van der Waals surface area contributed by atoms with Gasteiger partial charge in [-0.2, -0.15) is 5.10 Å². The number of nitrogens with one attached hydrogen (secondary N) is 1. The molecule has 1 aromatic carbocycles. The Bertz CT molecular complexity index is 605. The quantitative estimate of drug-likeness (QED) is 0.849. The first-order valence-electron chi connectivity index (χ1n) is 6.69. The number of hydrogen-bond acceptors (Lipinski definition) is 3. The Labute approximate surface area is 118 Å². The molecule has 0 bridgehead atoms. The van der Waals surface area contributed by atoms with Gasteiger partial charge in [0, 0.05) is 12.7 Å². The third kappa shape index (κ3) is 2.99. The SMILES string of the molecule is CCCc1ccccc1NCc1c(C(=O)O)cnn1C. The van der Waals surface area contributed by atoms with Gasteiger partial charge in [-0.1, -0.05) is 31.5 Å². The third-order valence-corrected chi connectivity index (χ3v) is 3.27. The minimum Gasteiger partial charge on any atom is -0.478 e. The number of carboxylic acids is 1. The first-order chi connectivity index (χ1) is 9.63. The fourth-order valence-corrected chi connectivity index (χ4v) is 2.21. The minimum absolute atomic E-state index is 0.243. The lowest BCUT2D eigenvalue weighted by molar-refractivity contribution is 0.0695. The average Bonchev–Trinajstić information content (AvgIpc) is 2.79. The Balaban J connectivity index is 2.17. The van der Waals surface area contributed by atoms with Crippen LogP contribution < -0.4 is 5.32 Å². The number of carbonyl (C=O) groups is 1. The fourth-order valence-electron chi connectivity index (χ4n) is 2.21. The molecule has 1 aromatic heterocycles. The number of anilines is 1. The van der Waals surface area contributed by atoms with E-state index in [-0.39, 0.29) is 5.56 Å². The molecule has 2 aromatic rings. The van der Waals surface area contributed by atoms with E-state index in [0.717, 1.165) is 18.5 Å². The van der Waals surface area contributed by atoms with Crippen LogP contribution in [0.4, 0.5) is 5.69 Å². The van der Waals surface area contributed by atoms with E-state index in [4.69, 9.17) is 5.11 Å². The first kappa shape index (κ1) is 14.1. The van der Waals surface area contributed by atoms with Gasteiger partial charge in [0.2, 0.25) is 0 Å². The van der Waals surface area contributed by atoms with Crippen molar-refractivity contribution in [3.8, 4) is 0 Å². The molecule has 0 saturated carbocycles. The summed E-state index contributed by atoms with van der Waals surface area (Å²) in [5.74, 6) is -0.947. The van der Waals surface area contributed by atoms with Gasteiger partial charge < -0.3 is 10.4 Å². The van der Waals surface area contributed by atoms with Crippen molar-refractivity contribution in [1.29, 1.82) is 0 Å². The summed E-state index contributed by atoms with van der Waals surface area (Å²) >= 11 is 0. The molecule has 106 valence electrons. The van der Waals surface area contributed by atoms with Crippen molar-refractivity contribution in [2.75, 3.05) is 5.32 Å². The van der Waals surface area contributed by atoms with Crippen molar-refractivity contribution < 1.29 is 9.90 Å². The Hall–Kier alpha value is -2.30. The van der Waals surface area contributed by atoms with Gasteiger partial charge in [0.25, 0.3) is 0 Å². The molecule has 0 fully saturated rings. The number of para-hydroxylation sites is 1. The molecule has 5 heteroatoms. The standard InChI is InChI=1S/C15H19N3O2/c1-3-6-11-7-4-5-8-13(11)16-10-14-12(15(19)20)9-17-18(14)2/h4-5,7-9,16H,3,6,10H2,1-2H3,(H,19,20). The molecule has 0 aliphatic heterocycles. The summed E-state index contributed by atoms with van der Waals surface area (Å²) in [5, 5.41) is 16.5. The number of nitrogens with zero attached hydrogens (tertiary/aromatic N) is 2. The second kappa shape index (κ2) is 6.23. The second-order valence-electron chi connectivity index (χ2n) is 4.69. The van der Waals surface area contributed by atoms with Crippen LogP contribution in [0.3, 0.4) is 0 Å². The van der Waals surface area contributed by atoms with Crippen LogP contribution in [0.5, 0.6) is 0 Å². The predicted molar refractivity (Wildman–Crippen MR) is 77.9 cm³/mol. The van der Waals surface area contributed by atoms with Gasteiger partial charge in [-0.3, -0.25) is 4.68 Å². The molecule has 0 unspecified atom stereocenters. The van der Waals surface area contributed by atoms with Gasteiger partial charge >= 0.3 is 5.97 Å². The fraction of sp³-hybridized carbons (Fsp3) is 0.333. The van der Waals surface area contributed by atoms with Gasteiger partial charge in [-0.15, -0.1) is 0 Å². The van der Waals surface area contributed by atoms with Crippen molar-refractivity contribution in [2.24, 2.45) is 7.05 Å². The smallest absolute Gasteiger partial charge is 0.339 e. The van der Waals surface area contributed by atoms with Crippen LogP contribution in [0.25, 0.3) is 0 Å². The Morgan fingerprint density at radius 1 is 1.40 bits per heavy atom. The van der Waals surface area contributed by atoms with Crippen molar-refractivity contribution in [2.45, 2.75) is 26.3 Å². The van der Waals surface area contributed by atoms with Gasteiger partial charge in [-0.25, -0.2) is 4.79 Å². The Morgan fingerprint density at radius 3 is 2.85 bits per heavy atom. The summed E-state index contributed by atoms with van der Waals surface area (Å²) in [7, 11) is 1.75. The number of aromatic carboxylic acids is 1. The lowest BCUT2D eigenvalue weighted by atomic mass is 10.1. The molecule has 0 amide bonds. The molecule has 0 atom stereocenters. The van der Waals surface area contributed by atoms with E-state index in [0.29, 0.717) is 12.2 Å². The van der Waals surface area contributed by atoms with Crippen LogP contribution in [0.15, 0.2) is 30.5 Å². The van der Waals surface area contributed by atoms with Crippen molar-refractivity contribution in [1.82, 2.24) is 9.78 Å². The first-order valence-corrected chi connectivity index (χ1v) is 6.69. The number of aromatic nitrogens is 2. The van der Waals surface area contributed by atoms with Crippen LogP contribution in [-0.4, -0.2) is 20.9 Å². The molecule has 0 spiro atoms.